The van der Waals surface area contributed by atoms with Gasteiger partial charge in [-0.1, -0.05) is 5.16 Å². The summed E-state index contributed by atoms with van der Waals surface area (Å²) in [6, 6.07) is 12.5. The number of rotatable bonds is 8. The largest absolute Gasteiger partial charge is 0.493 e. The van der Waals surface area contributed by atoms with E-state index in [1.54, 1.807) is 44.0 Å². The monoisotopic (exact) mass is 574 g/mol. The number of fused-ring (bicyclic) bond motifs is 1. The molecule has 1 unspecified atom stereocenters. The molecule has 1 fully saturated rings. The predicted molar refractivity (Wildman–Crippen MR) is 154 cm³/mol. The molecular formula is C27H26N8O5S. The van der Waals surface area contributed by atoms with Gasteiger partial charge in [0.15, 0.2) is 28.0 Å². The summed E-state index contributed by atoms with van der Waals surface area (Å²) in [5, 5.41) is 10.0. The molecule has 1 amide bonds. The van der Waals surface area contributed by atoms with Crippen LogP contribution in [-0.4, -0.2) is 58.3 Å². The number of carbonyl (C=O) groups excluding carboxylic acids is 1. The van der Waals surface area contributed by atoms with Crippen LogP contribution in [0.4, 0.5) is 23.1 Å². The van der Waals surface area contributed by atoms with E-state index >= 15 is 0 Å². The number of H-pyrrole nitrogens is 1. The number of benzene rings is 2. The van der Waals surface area contributed by atoms with E-state index in [0.717, 1.165) is 29.9 Å². The Morgan fingerprint density at radius 1 is 1.10 bits per heavy atom. The minimum absolute atomic E-state index is 0.0835. The van der Waals surface area contributed by atoms with Gasteiger partial charge in [-0.15, -0.1) is 11.3 Å². The molecule has 13 nitrogen and oxygen atoms in total. The molecule has 2 aromatic carbocycles. The van der Waals surface area contributed by atoms with E-state index in [2.05, 4.69) is 30.3 Å². The number of ether oxygens (including phenoxy) is 2. The summed E-state index contributed by atoms with van der Waals surface area (Å²) in [6.07, 6.45) is 1.57. The van der Waals surface area contributed by atoms with Gasteiger partial charge in [0.1, 0.15) is 5.52 Å². The van der Waals surface area contributed by atoms with Crippen molar-refractivity contribution in [1.29, 1.82) is 0 Å². The minimum Gasteiger partial charge on any atom is -0.493 e. The van der Waals surface area contributed by atoms with Crippen molar-refractivity contribution < 1.29 is 18.8 Å². The van der Waals surface area contributed by atoms with Crippen LogP contribution >= 0.6 is 11.3 Å². The minimum atomic E-state index is -0.624. The number of thiazole rings is 1. The van der Waals surface area contributed by atoms with E-state index in [9.17, 15) is 9.59 Å². The van der Waals surface area contributed by atoms with E-state index in [-0.39, 0.29) is 11.8 Å². The molecule has 0 aliphatic carbocycles. The van der Waals surface area contributed by atoms with Gasteiger partial charge in [-0.2, -0.15) is 9.97 Å². The number of methoxy groups -OCH3 is 2. The van der Waals surface area contributed by atoms with Crippen LogP contribution in [0.25, 0.3) is 21.7 Å². The van der Waals surface area contributed by atoms with Crippen molar-refractivity contribution in [2.24, 2.45) is 5.92 Å². The molecule has 3 aromatic heterocycles. The van der Waals surface area contributed by atoms with Crippen LogP contribution in [0.1, 0.15) is 12.8 Å². The lowest BCUT2D eigenvalue weighted by atomic mass is 9.97. The highest BCUT2D eigenvalue weighted by atomic mass is 32.1. The summed E-state index contributed by atoms with van der Waals surface area (Å²) in [7, 11) is 3.18. The van der Waals surface area contributed by atoms with Crippen LogP contribution in [0.5, 0.6) is 11.5 Å². The summed E-state index contributed by atoms with van der Waals surface area (Å²) >= 11 is 1.43. The van der Waals surface area contributed by atoms with Crippen LogP contribution in [0.2, 0.25) is 0 Å². The van der Waals surface area contributed by atoms with Crippen LogP contribution in [0.15, 0.2) is 57.3 Å². The molecule has 0 radical (unpaired) electrons. The lowest BCUT2D eigenvalue weighted by Crippen LogP contribution is -2.41. The lowest BCUT2D eigenvalue weighted by Gasteiger charge is -2.32. The number of amides is 1. The molecule has 4 heterocycles. The molecule has 5 aromatic rings. The number of aromatic nitrogens is 5. The van der Waals surface area contributed by atoms with Gasteiger partial charge in [-0.3, -0.25) is 14.3 Å². The first-order valence-corrected chi connectivity index (χ1v) is 13.7. The van der Waals surface area contributed by atoms with Crippen LogP contribution in [0, 0.1) is 5.92 Å². The fourth-order valence-electron chi connectivity index (χ4n) is 4.71. The predicted octanol–water partition coefficient (Wildman–Crippen LogP) is 4.05. The van der Waals surface area contributed by atoms with Gasteiger partial charge in [0.25, 0.3) is 0 Å². The van der Waals surface area contributed by atoms with Crippen molar-refractivity contribution >= 4 is 50.7 Å². The Morgan fingerprint density at radius 3 is 2.66 bits per heavy atom. The van der Waals surface area contributed by atoms with Gasteiger partial charge in [-0.05, 0) is 49.2 Å². The molecule has 41 heavy (non-hydrogen) atoms. The molecule has 1 atom stereocenters. The fourth-order valence-corrected chi connectivity index (χ4v) is 5.37. The molecule has 6 rings (SSSR count). The van der Waals surface area contributed by atoms with Crippen molar-refractivity contribution in [3.8, 4) is 22.9 Å². The molecule has 0 saturated carbocycles. The maximum atomic E-state index is 13.2. The number of nitrogens with zero attached hydrogens (tertiary/aromatic N) is 5. The quantitative estimate of drug-likeness (QED) is 0.245. The topological polar surface area (TPSA) is 160 Å². The highest BCUT2D eigenvalue weighted by Crippen LogP contribution is 2.34. The van der Waals surface area contributed by atoms with Crippen LogP contribution in [0.3, 0.4) is 0 Å². The number of hydrogen-bond acceptors (Lipinski definition) is 12. The molecule has 3 N–H and O–H groups in total. The Hall–Kier alpha value is -4.98. The lowest BCUT2D eigenvalue weighted by molar-refractivity contribution is -0.120. The number of nitrogens with one attached hydrogen (secondary N) is 3. The number of carbonyl (C=O) groups is 1. The second kappa shape index (κ2) is 11.3. The first-order chi connectivity index (χ1) is 20.0. The third-order valence-electron chi connectivity index (χ3n) is 6.77. The van der Waals surface area contributed by atoms with E-state index < -0.39 is 5.76 Å². The summed E-state index contributed by atoms with van der Waals surface area (Å²) < 4.78 is 15.3. The molecular weight excluding hydrogens is 548 g/mol. The highest BCUT2D eigenvalue weighted by Gasteiger charge is 2.28. The zero-order valence-corrected chi connectivity index (χ0v) is 23.0. The summed E-state index contributed by atoms with van der Waals surface area (Å²) in [4.78, 5) is 43.7. The number of aromatic amines is 1. The zero-order valence-electron chi connectivity index (χ0n) is 22.2. The Morgan fingerprint density at radius 2 is 1.90 bits per heavy atom. The SMILES string of the molecule is COc1ccc(Nc2nc(N3CCCC(C(=O)Nc4ccc(-c5noc(=O)[nH]5)cc4)C3)nc3scnc23)cc1OC. The van der Waals surface area contributed by atoms with Gasteiger partial charge in [0, 0.05) is 36.1 Å². The Balaban J connectivity index is 1.18. The van der Waals surface area contributed by atoms with Crippen molar-refractivity contribution in [1.82, 2.24) is 25.1 Å². The first kappa shape index (κ1) is 26.3. The summed E-state index contributed by atoms with van der Waals surface area (Å²) in [5.41, 5.74) is 4.48. The van der Waals surface area contributed by atoms with E-state index in [4.69, 9.17) is 19.4 Å². The van der Waals surface area contributed by atoms with Gasteiger partial charge in [0.05, 0.1) is 25.6 Å². The van der Waals surface area contributed by atoms with Gasteiger partial charge in [0.2, 0.25) is 11.9 Å². The first-order valence-electron chi connectivity index (χ1n) is 12.8. The second-order valence-corrected chi connectivity index (χ2v) is 10.2. The Kier molecular flexibility index (Phi) is 7.20. The maximum Gasteiger partial charge on any atom is 0.439 e. The average Bonchev–Trinajstić information content (AvgIpc) is 3.67. The molecule has 0 spiro atoms. The number of anilines is 4. The average molecular weight is 575 g/mol. The van der Waals surface area contributed by atoms with Crippen molar-refractivity contribution in [3.63, 3.8) is 0 Å². The number of hydrogen-bond donors (Lipinski definition) is 3. The second-order valence-electron chi connectivity index (χ2n) is 9.37. The van der Waals surface area contributed by atoms with Gasteiger partial charge < -0.3 is 25.0 Å². The fraction of sp³-hybridized carbons (Fsp3) is 0.259. The van der Waals surface area contributed by atoms with E-state index in [0.29, 0.717) is 52.4 Å². The summed E-state index contributed by atoms with van der Waals surface area (Å²) in [5.74, 6) is 1.69. The third-order valence-corrected chi connectivity index (χ3v) is 7.49. The Labute approximate surface area is 237 Å². The summed E-state index contributed by atoms with van der Waals surface area (Å²) in [6.45, 7) is 1.21. The van der Waals surface area contributed by atoms with Crippen molar-refractivity contribution in [2.45, 2.75) is 12.8 Å². The number of piperidine rings is 1. The van der Waals surface area contributed by atoms with Crippen LogP contribution in [-0.2, 0) is 4.79 Å². The van der Waals surface area contributed by atoms with E-state index in [1.165, 1.54) is 11.3 Å². The molecule has 0 bridgehead atoms. The Bertz CT molecular complexity index is 1750. The maximum absolute atomic E-state index is 13.2. The molecule has 210 valence electrons. The molecule has 14 heteroatoms. The van der Waals surface area contributed by atoms with Gasteiger partial charge >= 0.3 is 5.76 Å². The normalized spacial score (nSPS) is 15.1. The van der Waals surface area contributed by atoms with Crippen molar-refractivity contribution in [3.05, 3.63) is 58.5 Å². The standard InChI is InChI=1S/C27H26N8O5S/c1-38-19-10-9-18(12-20(19)39-2)29-23-21-25(41-14-28-21)33-26(31-23)35-11-3-4-16(13-35)24(36)30-17-7-5-15(6-8-17)22-32-27(37)40-34-22/h5-10,12,14,16H,3-4,11,13H2,1-2H3,(H,30,36)(H,29,31,33)(H,32,34,37). The highest BCUT2D eigenvalue weighted by molar-refractivity contribution is 7.16. The zero-order chi connectivity index (χ0) is 28.3. The van der Waals surface area contributed by atoms with Gasteiger partial charge in [-0.25, -0.2) is 9.78 Å². The molecule has 1 aliphatic rings. The van der Waals surface area contributed by atoms with Crippen molar-refractivity contribution in [2.75, 3.05) is 42.8 Å². The molecule has 1 aliphatic heterocycles. The third kappa shape index (κ3) is 5.54. The van der Waals surface area contributed by atoms with Crippen LogP contribution < -0.4 is 30.8 Å². The van der Waals surface area contributed by atoms with E-state index in [1.807, 2.05) is 23.1 Å². The molecule has 1 saturated heterocycles. The smallest absolute Gasteiger partial charge is 0.439 e.